The lowest BCUT2D eigenvalue weighted by atomic mass is 10.3. The lowest BCUT2D eigenvalue weighted by molar-refractivity contribution is -0.113. The molecule has 0 spiro atoms. The Balaban J connectivity index is 1.83. The van der Waals surface area contributed by atoms with Crippen molar-refractivity contribution < 1.29 is 9.90 Å². The van der Waals surface area contributed by atoms with Crippen LogP contribution in [0.25, 0.3) is 0 Å². The lowest BCUT2D eigenvalue weighted by Gasteiger charge is -2.02. The summed E-state index contributed by atoms with van der Waals surface area (Å²) in [5.74, 6) is 0.466. The molecular weight excluding hydrogens is 268 g/mol. The maximum atomic E-state index is 11.6. The highest BCUT2D eigenvalue weighted by atomic mass is 32.2. The van der Waals surface area contributed by atoms with Gasteiger partial charge in [0, 0.05) is 10.3 Å². The molecule has 2 N–H and O–H groups in total. The zero-order valence-corrected chi connectivity index (χ0v) is 11.3. The molecule has 94 valence electrons. The molecule has 0 saturated heterocycles. The molecule has 6 heteroatoms. The van der Waals surface area contributed by atoms with Crippen LogP contribution >= 0.6 is 23.1 Å². The molecular formula is C12H12N2O2S2. The van der Waals surface area contributed by atoms with Gasteiger partial charge in [-0.2, -0.15) is 0 Å². The molecule has 0 unspecified atom stereocenters. The van der Waals surface area contributed by atoms with Gasteiger partial charge < -0.3 is 10.4 Å². The Morgan fingerprint density at radius 1 is 1.44 bits per heavy atom. The molecule has 1 amide bonds. The predicted molar refractivity (Wildman–Crippen MR) is 74.3 cm³/mol. The molecule has 0 aliphatic carbocycles. The number of carbonyl (C=O) groups is 1. The summed E-state index contributed by atoms with van der Waals surface area (Å²) in [5, 5.41) is 14.4. The first-order valence-corrected chi connectivity index (χ1v) is 7.14. The Bertz CT molecular complexity index is 537. The van der Waals surface area contributed by atoms with Crippen molar-refractivity contribution in [3.63, 3.8) is 0 Å². The third kappa shape index (κ3) is 3.75. The van der Waals surface area contributed by atoms with Gasteiger partial charge in [0.1, 0.15) is 5.75 Å². The number of benzene rings is 1. The van der Waals surface area contributed by atoms with Crippen molar-refractivity contribution in [1.29, 1.82) is 0 Å². The van der Waals surface area contributed by atoms with E-state index in [1.54, 1.807) is 24.3 Å². The van der Waals surface area contributed by atoms with Gasteiger partial charge in [0.15, 0.2) is 5.13 Å². The summed E-state index contributed by atoms with van der Waals surface area (Å²) < 4.78 is 0. The van der Waals surface area contributed by atoms with Crippen molar-refractivity contribution >= 4 is 34.1 Å². The molecule has 1 heterocycles. The van der Waals surface area contributed by atoms with E-state index >= 15 is 0 Å². The molecule has 0 atom stereocenters. The van der Waals surface area contributed by atoms with E-state index in [4.69, 9.17) is 5.11 Å². The van der Waals surface area contributed by atoms with Crippen LogP contribution in [-0.4, -0.2) is 21.8 Å². The number of hydrogen-bond acceptors (Lipinski definition) is 5. The zero-order chi connectivity index (χ0) is 13.0. The van der Waals surface area contributed by atoms with Gasteiger partial charge in [-0.3, -0.25) is 4.79 Å². The predicted octanol–water partition coefficient (Wildman–Crippen LogP) is 2.89. The van der Waals surface area contributed by atoms with E-state index < -0.39 is 0 Å². The van der Waals surface area contributed by atoms with Crippen LogP contribution in [0.3, 0.4) is 0 Å². The highest BCUT2D eigenvalue weighted by molar-refractivity contribution is 8.00. The van der Waals surface area contributed by atoms with Crippen molar-refractivity contribution in [2.45, 2.75) is 11.8 Å². The van der Waals surface area contributed by atoms with Gasteiger partial charge in [-0.1, -0.05) is 0 Å². The maximum absolute atomic E-state index is 11.6. The zero-order valence-electron chi connectivity index (χ0n) is 9.71. The maximum Gasteiger partial charge on any atom is 0.236 e. The fourth-order valence-corrected chi connectivity index (χ4v) is 2.66. The Hall–Kier alpha value is -1.53. The van der Waals surface area contributed by atoms with E-state index in [-0.39, 0.29) is 11.7 Å². The van der Waals surface area contributed by atoms with Gasteiger partial charge >= 0.3 is 0 Å². The Labute approximate surface area is 113 Å². The van der Waals surface area contributed by atoms with E-state index in [0.717, 1.165) is 10.6 Å². The number of nitrogens with zero attached hydrogens (tertiary/aromatic N) is 1. The first kappa shape index (κ1) is 12.9. The fourth-order valence-electron chi connectivity index (χ4n) is 1.26. The van der Waals surface area contributed by atoms with E-state index in [0.29, 0.717) is 10.9 Å². The van der Waals surface area contributed by atoms with Crippen LogP contribution in [0.5, 0.6) is 5.75 Å². The molecule has 0 fully saturated rings. The highest BCUT2D eigenvalue weighted by Gasteiger charge is 2.06. The largest absolute Gasteiger partial charge is 0.508 e. The first-order valence-electron chi connectivity index (χ1n) is 5.27. The van der Waals surface area contributed by atoms with Crippen LogP contribution in [0.15, 0.2) is 34.5 Å². The molecule has 0 aliphatic heterocycles. The van der Waals surface area contributed by atoms with E-state index in [2.05, 4.69) is 10.3 Å². The number of rotatable bonds is 4. The Morgan fingerprint density at radius 3 is 2.78 bits per heavy atom. The SMILES string of the molecule is Cc1csc(NC(=O)CSc2ccc(O)cc2)n1. The van der Waals surface area contributed by atoms with Crippen molar-refractivity contribution in [3.8, 4) is 5.75 Å². The summed E-state index contributed by atoms with van der Waals surface area (Å²) in [4.78, 5) is 16.8. The van der Waals surface area contributed by atoms with Gasteiger partial charge in [-0.25, -0.2) is 4.98 Å². The topological polar surface area (TPSA) is 62.2 Å². The number of nitrogens with one attached hydrogen (secondary N) is 1. The van der Waals surface area contributed by atoms with E-state index in [9.17, 15) is 4.79 Å². The monoisotopic (exact) mass is 280 g/mol. The second kappa shape index (κ2) is 5.88. The van der Waals surface area contributed by atoms with E-state index in [1.165, 1.54) is 23.1 Å². The average Bonchev–Trinajstić information content (AvgIpc) is 2.74. The summed E-state index contributed by atoms with van der Waals surface area (Å²) in [7, 11) is 0. The molecule has 1 aromatic heterocycles. The number of aromatic nitrogens is 1. The second-order valence-electron chi connectivity index (χ2n) is 3.62. The quantitative estimate of drug-likeness (QED) is 0.845. The van der Waals surface area contributed by atoms with Crippen molar-refractivity contribution in [2.75, 3.05) is 11.1 Å². The van der Waals surface area contributed by atoms with Gasteiger partial charge in [0.25, 0.3) is 0 Å². The minimum absolute atomic E-state index is 0.0811. The van der Waals surface area contributed by atoms with Crippen molar-refractivity contribution in [3.05, 3.63) is 35.3 Å². The van der Waals surface area contributed by atoms with Crippen LogP contribution in [0.1, 0.15) is 5.69 Å². The number of thioether (sulfide) groups is 1. The summed E-state index contributed by atoms with van der Waals surface area (Å²) >= 11 is 2.83. The third-order valence-corrected chi connectivity index (χ3v) is 3.96. The van der Waals surface area contributed by atoms with Gasteiger partial charge in [0.05, 0.1) is 11.4 Å². The summed E-state index contributed by atoms with van der Waals surface area (Å²) in [6.07, 6.45) is 0. The number of aryl methyl sites for hydroxylation is 1. The Kier molecular flexibility index (Phi) is 4.22. The number of amides is 1. The minimum atomic E-state index is -0.0811. The molecule has 0 radical (unpaired) electrons. The number of phenolic OH excluding ortho intramolecular Hbond substituents is 1. The standard InChI is InChI=1S/C12H12N2O2S2/c1-8-6-18-12(13-8)14-11(16)7-17-10-4-2-9(15)3-5-10/h2-6,15H,7H2,1H3,(H,13,14,16). The smallest absolute Gasteiger partial charge is 0.236 e. The van der Waals surface area contributed by atoms with Gasteiger partial charge in [-0.05, 0) is 31.2 Å². The minimum Gasteiger partial charge on any atom is -0.508 e. The summed E-state index contributed by atoms with van der Waals surface area (Å²) in [6.45, 7) is 1.89. The highest BCUT2D eigenvalue weighted by Crippen LogP contribution is 2.21. The Morgan fingerprint density at radius 2 is 2.17 bits per heavy atom. The number of anilines is 1. The average molecular weight is 280 g/mol. The normalized spacial score (nSPS) is 10.3. The van der Waals surface area contributed by atoms with Gasteiger partial charge in [0.2, 0.25) is 5.91 Å². The molecule has 2 aromatic rings. The molecule has 2 rings (SSSR count). The van der Waals surface area contributed by atoms with Gasteiger partial charge in [-0.15, -0.1) is 23.1 Å². The molecule has 0 saturated carbocycles. The van der Waals surface area contributed by atoms with E-state index in [1.807, 2.05) is 12.3 Å². The second-order valence-corrected chi connectivity index (χ2v) is 5.53. The molecule has 0 aliphatic rings. The number of carbonyl (C=O) groups excluding carboxylic acids is 1. The third-order valence-electron chi connectivity index (χ3n) is 2.07. The first-order chi connectivity index (χ1) is 8.63. The summed E-state index contributed by atoms with van der Waals surface area (Å²) in [6, 6.07) is 6.76. The number of phenols is 1. The van der Waals surface area contributed by atoms with Crippen molar-refractivity contribution in [1.82, 2.24) is 4.98 Å². The van der Waals surface area contributed by atoms with Crippen LogP contribution in [0.2, 0.25) is 0 Å². The molecule has 1 aromatic carbocycles. The number of hydrogen-bond donors (Lipinski definition) is 2. The molecule has 18 heavy (non-hydrogen) atoms. The van der Waals surface area contributed by atoms with Crippen LogP contribution < -0.4 is 5.32 Å². The lowest BCUT2D eigenvalue weighted by Crippen LogP contribution is -2.13. The molecule has 4 nitrogen and oxygen atoms in total. The van der Waals surface area contributed by atoms with Crippen LogP contribution in [0.4, 0.5) is 5.13 Å². The summed E-state index contributed by atoms with van der Waals surface area (Å²) in [5.41, 5.74) is 0.904. The fraction of sp³-hybridized carbons (Fsp3) is 0.167. The molecule has 0 bridgehead atoms. The van der Waals surface area contributed by atoms with Crippen LogP contribution in [-0.2, 0) is 4.79 Å². The van der Waals surface area contributed by atoms with Crippen LogP contribution in [0, 0.1) is 6.92 Å². The number of thiazole rings is 1. The number of aromatic hydroxyl groups is 1. The van der Waals surface area contributed by atoms with Crippen molar-refractivity contribution in [2.24, 2.45) is 0 Å².